The van der Waals surface area contributed by atoms with E-state index in [-0.39, 0.29) is 6.10 Å². The molecular weight excluding hydrogens is 330 g/mol. The fraction of sp³-hybridized carbons (Fsp3) is 0.312. The zero-order valence-corrected chi connectivity index (χ0v) is 13.3. The maximum atomic E-state index is 5.97. The van der Waals surface area contributed by atoms with Crippen LogP contribution >= 0.6 is 15.9 Å². The van der Waals surface area contributed by atoms with E-state index in [9.17, 15) is 0 Å². The predicted octanol–water partition coefficient (Wildman–Crippen LogP) is 3.08. The van der Waals surface area contributed by atoms with E-state index in [1.165, 1.54) is 5.56 Å². The number of rotatable bonds is 4. The molecule has 2 aromatic rings. The second kappa shape index (κ2) is 6.45. The van der Waals surface area contributed by atoms with E-state index in [2.05, 4.69) is 50.1 Å². The second-order valence-corrected chi connectivity index (χ2v) is 6.16. The first-order valence-corrected chi connectivity index (χ1v) is 7.84. The molecule has 4 nitrogen and oxygen atoms in total. The van der Waals surface area contributed by atoms with Crippen molar-refractivity contribution in [3.8, 4) is 5.88 Å². The highest BCUT2D eigenvalue weighted by molar-refractivity contribution is 9.10. The number of nitrogen functional groups attached to an aromatic ring is 1. The first-order chi connectivity index (χ1) is 10.2. The van der Waals surface area contributed by atoms with Gasteiger partial charge in [0.1, 0.15) is 6.10 Å². The highest BCUT2D eigenvalue weighted by Gasteiger charge is 2.24. The Morgan fingerprint density at radius 2 is 2.14 bits per heavy atom. The zero-order valence-electron chi connectivity index (χ0n) is 11.7. The molecule has 1 aromatic carbocycles. The number of likely N-dealkylation sites (tertiary alicyclic amines) is 1. The van der Waals surface area contributed by atoms with Gasteiger partial charge in [0, 0.05) is 19.6 Å². The van der Waals surface area contributed by atoms with Gasteiger partial charge in [-0.3, -0.25) is 4.90 Å². The lowest BCUT2D eigenvalue weighted by molar-refractivity contribution is 0.190. The van der Waals surface area contributed by atoms with Gasteiger partial charge in [0.05, 0.1) is 16.4 Å². The third-order valence-electron chi connectivity index (χ3n) is 3.59. The Morgan fingerprint density at radius 1 is 1.33 bits per heavy atom. The molecule has 0 spiro atoms. The minimum atomic E-state index is 0.182. The molecule has 2 N–H and O–H groups in total. The Labute approximate surface area is 133 Å². The van der Waals surface area contributed by atoms with E-state index in [0.29, 0.717) is 11.6 Å². The smallest absolute Gasteiger partial charge is 0.228 e. The van der Waals surface area contributed by atoms with Gasteiger partial charge in [0.15, 0.2) is 0 Å². The summed E-state index contributed by atoms with van der Waals surface area (Å²) in [4.78, 5) is 6.65. The number of hydrogen-bond donors (Lipinski definition) is 1. The quantitative estimate of drug-likeness (QED) is 0.923. The Bertz CT molecular complexity index is 606. The summed E-state index contributed by atoms with van der Waals surface area (Å²) in [5.41, 5.74) is 7.66. The summed E-state index contributed by atoms with van der Waals surface area (Å²) >= 11 is 3.44. The van der Waals surface area contributed by atoms with Crippen molar-refractivity contribution in [2.24, 2.45) is 0 Å². The molecule has 2 heterocycles. The molecule has 1 atom stereocenters. The number of pyridine rings is 1. The average molecular weight is 348 g/mol. The molecule has 0 bridgehead atoms. The molecule has 0 radical (unpaired) electrons. The van der Waals surface area contributed by atoms with Gasteiger partial charge in [-0.15, -0.1) is 0 Å². The largest absolute Gasteiger partial charge is 0.472 e. The number of ether oxygens (including phenoxy) is 1. The standard InChI is InChI=1S/C16H18BrN3O/c17-15-8-13(18)9-19-16(15)21-14-6-7-20(11-14)10-12-4-2-1-3-5-12/h1-5,8-9,14H,6-7,10-11,18H2. The topological polar surface area (TPSA) is 51.4 Å². The van der Waals surface area contributed by atoms with Crippen molar-refractivity contribution in [2.45, 2.75) is 19.1 Å². The van der Waals surface area contributed by atoms with Crippen molar-refractivity contribution in [2.75, 3.05) is 18.8 Å². The summed E-state index contributed by atoms with van der Waals surface area (Å²) in [5.74, 6) is 0.621. The molecule has 1 fully saturated rings. The maximum Gasteiger partial charge on any atom is 0.228 e. The summed E-state index contributed by atoms with van der Waals surface area (Å²) in [5, 5.41) is 0. The van der Waals surface area contributed by atoms with Crippen molar-refractivity contribution in [3.05, 3.63) is 52.6 Å². The molecule has 1 aromatic heterocycles. The molecule has 1 aliphatic rings. The number of aromatic nitrogens is 1. The van der Waals surface area contributed by atoms with Gasteiger partial charge in [-0.05, 0) is 34.0 Å². The summed E-state index contributed by atoms with van der Waals surface area (Å²) in [6.45, 7) is 2.94. The molecule has 0 amide bonds. The first kappa shape index (κ1) is 14.4. The van der Waals surface area contributed by atoms with Crippen LogP contribution in [0, 0.1) is 0 Å². The number of halogens is 1. The Hall–Kier alpha value is -1.59. The number of benzene rings is 1. The lowest BCUT2D eigenvalue weighted by atomic mass is 10.2. The van der Waals surface area contributed by atoms with Crippen LogP contribution in [0.3, 0.4) is 0 Å². The van der Waals surface area contributed by atoms with Crippen LogP contribution in [0.1, 0.15) is 12.0 Å². The molecule has 21 heavy (non-hydrogen) atoms. The van der Waals surface area contributed by atoms with Crippen molar-refractivity contribution in [1.82, 2.24) is 9.88 Å². The van der Waals surface area contributed by atoms with Crippen LogP contribution in [0.25, 0.3) is 0 Å². The van der Waals surface area contributed by atoms with E-state index in [4.69, 9.17) is 10.5 Å². The second-order valence-electron chi connectivity index (χ2n) is 5.30. The van der Waals surface area contributed by atoms with E-state index < -0.39 is 0 Å². The van der Waals surface area contributed by atoms with Crippen LogP contribution in [0.4, 0.5) is 5.69 Å². The summed E-state index contributed by atoms with van der Waals surface area (Å²) in [6.07, 6.45) is 2.82. The van der Waals surface area contributed by atoms with E-state index in [0.717, 1.165) is 30.5 Å². The van der Waals surface area contributed by atoms with Gasteiger partial charge >= 0.3 is 0 Å². The first-order valence-electron chi connectivity index (χ1n) is 7.04. The predicted molar refractivity (Wildman–Crippen MR) is 87.1 cm³/mol. The molecule has 3 rings (SSSR count). The Kier molecular flexibility index (Phi) is 4.41. The number of anilines is 1. The van der Waals surface area contributed by atoms with Crippen LogP contribution in [-0.2, 0) is 6.54 Å². The van der Waals surface area contributed by atoms with Crippen LogP contribution in [0.15, 0.2) is 47.1 Å². The summed E-state index contributed by atoms with van der Waals surface area (Å²) in [6, 6.07) is 12.3. The number of hydrogen-bond acceptors (Lipinski definition) is 4. The molecule has 0 aliphatic carbocycles. The fourth-order valence-electron chi connectivity index (χ4n) is 2.56. The van der Waals surface area contributed by atoms with Crippen LogP contribution in [0.2, 0.25) is 0 Å². The lowest BCUT2D eigenvalue weighted by Gasteiger charge is -2.17. The van der Waals surface area contributed by atoms with Gasteiger partial charge in [-0.25, -0.2) is 4.98 Å². The fourth-order valence-corrected chi connectivity index (χ4v) is 3.02. The van der Waals surface area contributed by atoms with Gasteiger partial charge < -0.3 is 10.5 Å². The minimum Gasteiger partial charge on any atom is -0.472 e. The van der Waals surface area contributed by atoms with Gasteiger partial charge in [0.25, 0.3) is 0 Å². The number of nitrogens with two attached hydrogens (primary N) is 1. The van der Waals surface area contributed by atoms with E-state index >= 15 is 0 Å². The third-order valence-corrected chi connectivity index (χ3v) is 4.15. The summed E-state index contributed by atoms with van der Waals surface area (Å²) < 4.78 is 6.78. The molecular formula is C16H18BrN3O. The highest BCUT2D eigenvalue weighted by atomic mass is 79.9. The molecule has 0 saturated carbocycles. The van der Waals surface area contributed by atoms with Crippen LogP contribution in [-0.4, -0.2) is 29.1 Å². The maximum absolute atomic E-state index is 5.97. The molecule has 1 unspecified atom stereocenters. The molecule has 1 saturated heterocycles. The van der Waals surface area contributed by atoms with Crippen molar-refractivity contribution >= 4 is 21.6 Å². The molecule has 110 valence electrons. The third kappa shape index (κ3) is 3.74. The summed E-state index contributed by atoms with van der Waals surface area (Å²) in [7, 11) is 0. The van der Waals surface area contributed by atoms with Crippen LogP contribution in [0.5, 0.6) is 5.88 Å². The van der Waals surface area contributed by atoms with Crippen molar-refractivity contribution < 1.29 is 4.74 Å². The Morgan fingerprint density at radius 3 is 2.90 bits per heavy atom. The highest BCUT2D eigenvalue weighted by Crippen LogP contribution is 2.27. The lowest BCUT2D eigenvalue weighted by Crippen LogP contribution is -2.24. The number of nitrogens with zero attached hydrogens (tertiary/aromatic N) is 2. The SMILES string of the molecule is Nc1cnc(OC2CCN(Cc3ccccc3)C2)c(Br)c1. The van der Waals surface area contributed by atoms with Crippen molar-refractivity contribution in [3.63, 3.8) is 0 Å². The van der Waals surface area contributed by atoms with Gasteiger partial charge in [-0.2, -0.15) is 0 Å². The average Bonchev–Trinajstić information content (AvgIpc) is 2.90. The minimum absolute atomic E-state index is 0.182. The van der Waals surface area contributed by atoms with Crippen LogP contribution < -0.4 is 10.5 Å². The molecule has 1 aliphatic heterocycles. The monoisotopic (exact) mass is 347 g/mol. The normalized spacial score (nSPS) is 18.8. The van der Waals surface area contributed by atoms with Gasteiger partial charge in [-0.1, -0.05) is 30.3 Å². The van der Waals surface area contributed by atoms with Crippen molar-refractivity contribution in [1.29, 1.82) is 0 Å². The van der Waals surface area contributed by atoms with Gasteiger partial charge in [0.2, 0.25) is 5.88 Å². The zero-order chi connectivity index (χ0) is 14.7. The molecule has 5 heteroatoms. The van der Waals surface area contributed by atoms with E-state index in [1.54, 1.807) is 6.20 Å². The Balaban J connectivity index is 1.57. The van der Waals surface area contributed by atoms with E-state index in [1.807, 2.05) is 12.1 Å².